The summed E-state index contributed by atoms with van der Waals surface area (Å²) in [6.07, 6.45) is 0. The van der Waals surface area contributed by atoms with Crippen LogP contribution in [0.2, 0.25) is 0 Å². The number of benzene rings is 7. The normalized spacial score (nSPS) is 11.7. The Hall–Kier alpha value is -5.30. The minimum absolute atomic E-state index is 0.805. The van der Waals surface area contributed by atoms with Gasteiger partial charge in [0, 0.05) is 37.6 Å². The molecule has 0 fully saturated rings. The first kappa shape index (κ1) is 26.3. The van der Waals surface area contributed by atoms with Gasteiger partial charge < -0.3 is 4.57 Å². The maximum absolute atomic E-state index is 15.0. The van der Waals surface area contributed by atoms with Crippen molar-refractivity contribution in [2.75, 3.05) is 0 Å². The zero-order chi connectivity index (χ0) is 29.5. The van der Waals surface area contributed by atoms with Gasteiger partial charge in [0.05, 0.1) is 11.2 Å². The number of para-hydroxylation sites is 1. The first-order valence-electron chi connectivity index (χ1n) is 14.8. The third-order valence-corrected chi connectivity index (χ3v) is 11.6. The summed E-state index contributed by atoms with van der Waals surface area (Å²) >= 11 is 0. The summed E-state index contributed by atoms with van der Waals surface area (Å²) in [4.78, 5) is 5.25. The van der Waals surface area contributed by atoms with E-state index in [1.165, 1.54) is 27.3 Å². The Kier molecular flexibility index (Phi) is 6.44. The van der Waals surface area contributed by atoms with Gasteiger partial charge in [-0.05, 0) is 34.0 Å². The van der Waals surface area contributed by atoms with Crippen LogP contribution in [0.15, 0.2) is 170 Å². The zero-order valence-electron chi connectivity index (χ0n) is 24.0. The molecule has 208 valence electrons. The highest BCUT2D eigenvalue weighted by Crippen LogP contribution is 2.44. The summed E-state index contributed by atoms with van der Waals surface area (Å²) in [6, 6.07) is 57.8. The fourth-order valence-corrected chi connectivity index (χ4v) is 9.09. The maximum atomic E-state index is 15.0. The average molecular weight is 582 g/mol. The van der Waals surface area contributed by atoms with Crippen LogP contribution in [0.4, 0.5) is 0 Å². The van der Waals surface area contributed by atoms with E-state index in [0.29, 0.717) is 0 Å². The van der Waals surface area contributed by atoms with Crippen LogP contribution in [-0.4, -0.2) is 4.98 Å². The monoisotopic (exact) mass is 581 g/mol. The molecule has 0 aliphatic heterocycles. The van der Waals surface area contributed by atoms with Crippen LogP contribution in [-0.2, 0) is 4.57 Å². The van der Waals surface area contributed by atoms with Crippen LogP contribution in [0.5, 0.6) is 0 Å². The van der Waals surface area contributed by atoms with Crippen LogP contribution in [0.3, 0.4) is 0 Å². The van der Waals surface area contributed by atoms with Crippen LogP contribution >= 0.6 is 7.14 Å². The molecule has 7 aromatic carbocycles. The van der Waals surface area contributed by atoms with Gasteiger partial charge in [0.15, 0.2) is 7.14 Å². The molecule has 0 saturated heterocycles. The number of pyridine rings is 1. The number of rotatable bonds is 5. The van der Waals surface area contributed by atoms with Crippen molar-refractivity contribution in [2.45, 2.75) is 0 Å². The second-order valence-corrected chi connectivity index (χ2v) is 13.8. The Morgan fingerprint density at radius 3 is 1.55 bits per heavy atom. The summed E-state index contributed by atoms with van der Waals surface area (Å²) in [5, 5.41) is 8.32. The molecule has 8 rings (SSSR count). The van der Waals surface area contributed by atoms with Crippen LogP contribution < -0.4 is 15.9 Å². The van der Waals surface area contributed by atoms with Gasteiger partial charge in [-0.15, -0.1) is 0 Å². The lowest BCUT2D eigenvalue weighted by atomic mass is 9.90. The second kappa shape index (κ2) is 10.8. The van der Waals surface area contributed by atoms with Crippen LogP contribution in [0, 0.1) is 0 Å². The molecule has 0 N–H and O–H groups in total. The maximum Gasteiger partial charge on any atom is 0.171 e. The molecule has 1 heterocycles. The molecular formula is C41H28NOP. The van der Waals surface area contributed by atoms with Crippen molar-refractivity contribution in [3.63, 3.8) is 0 Å². The first-order chi connectivity index (χ1) is 21.7. The number of hydrogen-bond acceptors (Lipinski definition) is 2. The molecule has 3 heteroatoms. The minimum atomic E-state index is -3.08. The fraction of sp³-hybridized carbons (Fsp3) is 0. The first-order valence-corrected chi connectivity index (χ1v) is 16.5. The van der Waals surface area contributed by atoms with E-state index in [1.807, 2.05) is 78.9 Å². The van der Waals surface area contributed by atoms with Crippen molar-refractivity contribution in [1.29, 1.82) is 0 Å². The predicted octanol–water partition coefficient (Wildman–Crippen LogP) is 9.51. The number of hydrogen-bond donors (Lipinski definition) is 0. The zero-order valence-corrected chi connectivity index (χ0v) is 24.9. The third kappa shape index (κ3) is 4.27. The van der Waals surface area contributed by atoms with Gasteiger partial charge in [-0.2, -0.15) is 0 Å². The van der Waals surface area contributed by atoms with E-state index in [0.717, 1.165) is 43.5 Å². The van der Waals surface area contributed by atoms with E-state index in [-0.39, 0.29) is 0 Å². The van der Waals surface area contributed by atoms with Gasteiger partial charge >= 0.3 is 0 Å². The quantitative estimate of drug-likeness (QED) is 0.150. The van der Waals surface area contributed by atoms with E-state index >= 15 is 0 Å². The number of nitrogens with zero attached hydrogens (tertiary/aromatic N) is 1. The van der Waals surface area contributed by atoms with Crippen LogP contribution in [0.1, 0.15) is 0 Å². The fourth-order valence-electron chi connectivity index (χ4n) is 6.44. The summed E-state index contributed by atoms with van der Waals surface area (Å²) in [5.41, 5.74) is 5.22. The van der Waals surface area contributed by atoms with E-state index in [2.05, 4.69) is 91.0 Å². The average Bonchev–Trinajstić information content (AvgIpc) is 3.11. The number of aromatic nitrogens is 1. The Bertz CT molecular complexity index is 2290. The summed E-state index contributed by atoms with van der Waals surface area (Å²) < 4.78 is 15.0. The molecule has 2 nitrogen and oxygen atoms in total. The van der Waals surface area contributed by atoms with Crippen molar-refractivity contribution in [3.8, 4) is 22.4 Å². The molecule has 0 aliphatic rings. The molecule has 0 saturated carbocycles. The molecule has 1 aromatic heterocycles. The van der Waals surface area contributed by atoms with Gasteiger partial charge in [0.1, 0.15) is 0 Å². The largest absolute Gasteiger partial charge is 0.309 e. The molecule has 0 unspecified atom stereocenters. The Labute approximate surface area is 256 Å². The molecule has 0 spiro atoms. The molecule has 0 atom stereocenters. The summed E-state index contributed by atoms with van der Waals surface area (Å²) in [6.45, 7) is 0. The van der Waals surface area contributed by atoms with E-state index in [9.17, 15) is 4.57 Å². The van der Waals surface area contributed by atoms with Crippen LogP contribution in [0.25, 0.3) is 54.8 Å². The predicted molar refractivity (Wildman–Crippen MR) is 187 cm³/mol. The molecule has 0 aliphatic carbocycles. The third-order valence-electron chi connectivity index (χ3n) is 8.53. The second-order valence-electron chi connectivity index (χ2n) is 11.1. The highest BCUT2D eigenvalue weighted by molar-refractivity contribution is 7.85. The number of fused-ring (bicyclic) bond motifs is 5. The van der Waals surface area contributed by atoms with Gasteiger partial charge in [-0.25, -0.2) is 4.98 Å². The smallest absolute Gasteiger partial charge is 0.171 e. The molecule has 0 bridgehead atoms. The Morgan fingerprint density at radius 2 is 0.909 bits per heavy atom. The van der Waals surface area contributed by atoms with Crippen molar-refractivity contribution in [2.24, 2.45) is 0 Å². The molecular weight excluding hydrogens is 553 g/mol. The summed E-state index contributed by atoms with van der Waals surface area (Å²) in [7, 11) is -3.08. The Morgan fingerprint density at radius 1 is 0.409 bits per heavy atom. The van der Waals surface area contributed by atoms with E-state index in [4.69, 9.17) is 4.98 Å². The van der Waals surface area contributed by atoms with Crippen molar-refractivity contribution < 1.29 is 4.57 Å². The van der Waals surface area contributed by atoms with Crippen molar-refractivity contribution in [3.05, 3.63) is 170 Å². The van der Waals surface area contributed by atoms with Gasteiger partial charge in [-0.1, -0.05) is 158 Å². The molecule has 8 aromatic rings. The molecule has 44 heavy (non-hydrogen) atoms. The Balaban J connectivity index is 1.39. The van der Waals surface area contributed by atoms with Gasteiger partial charge in [-0.3, -0.25) is 0 Å². The molecule has 0 amide bonds. The lowest BCUT2D eigenvalue weighted by Gasteiger charge is -2.20. The minimum Gasteiger partial charge on any atom is -0.309 e. The van der Waals surface area contributed by atoms with E-state index < -0.39 is 7.14 Å². The highest BCUT2D eigenvalue weighted by atomic mass is 31.2. The van der Waals surface area contributed by atoms with Gasteiger partial charge in [0.25, 0.3) is 0 Å². The molecule has 0 radical (unpaired) electrons. The lowest BCUT2D eigenvalue weighted by molar-refractivity contribution is 0.592. The SMILES string of the molecule is O=P(c1ccccc1)(c1ccccc1)c1ccc(-c2nc3ccccc3c3c2cc(-c2ccccc2)c2ccccc23)cc1. The summed E-state index contributed by atoms with van der Waals surface area (Å²) in [5.74, 6) is 0. The topological polar surface area (TPSA) is 30.0 Å². The highest BCUT2D eigenvalue weighted by Gasteiger charge is 2.29. The van der Waals surface area contributed by atoms with Crippen molar-refractivity contribution >= 4 is 55.5 Å². The standard InChI is InChI=1S/C41H28NOP/c43-44(31-16-6-2-7-17-31,32-18-8-3-9-19-32)33-26-24-30(25-27-33)41-38-28-37(29-14-4-1-5-15-29)34-20-10-11-21-35(34)40(38)36-22-12-13-23-39(36)42-41/h1-28H. The van der Waals surface area contributed by atoms with E-state index in [1.54, 1.807) is 0 Å². The van der Waals surface area contributed by atoms with Crippen molar-refractivity contribution in [1.82, 2.24) is 4.98 Å². The lowest BCUT2D eigenvalue weighted by Crippen LogP contribution is -2.24. The van der Waals surface area contributed by atoms with Gasteiger partial charge in [0.2, 0.25) is 0 Å².